The SMILES string of the molecule is N#CC(=Cc1ccc2cc(N3CCCCC3)ccc2c1)C(=O)NCC1O[C@@H](O)C(O)C(O)C1O. The molecule has 2 fully saturated rings. The van der Waals surface area contributed by atoms with E-state index in [1.54, 1.807) is 0 Å². The molecule has 1 amide bonds. The first-order valence-corrected chi connectivity index (χ1v) is 11.4. The van der Waals surface area contributed by atoms with E-state index in [0.29, 0.717) is 5.56 Å². The molecule has 9 heteroatoms. The van der Waals surface area contributed by atoms with Crippen LogP contribution in [0.15, 0.2) is 42.0 Å². The predicted molar refractivity (Wildman–Crippen MR) is 126 cm³/mol. The largest absolute Gasteiger partial charge is 0.388 e. The highest BCUT2D eigenvalue weighted by molar-refractivity contribution is 6.02. The Bertz CT molecular complexity index is 1110. The third kappa shape index (κ3) is 5.22. The van der Waals surface area contributed by atoms with Crippen LogP contribution in [0.1, 0.15) is 24.8 Å². The Hall–Kier alpha value is -3.00. The zero-order valence-electron chi connectivity index (χ0n) is 18.7. The van der Waals surface area contributed by atoms with Gasteiger partial charge in [0, 0.05) is 25.3 Å². The molecule has 2 aliphatic rings. The normalized spacial score (nSPS) is 27.9. The second-order valence-corrected chi connectivity index (χ2v) is 8.76. The van der Waals surface area contributed by atoms with Crippen molar-refractivity contribution in [1.82, 2.24) is 5.32 Å². The molecule has 4 unspecified atom stereocenters. The van der Waals surface area contributed by atoms with E-state index in [9.17, 15) is 30.5 Å². The van der Waals surface area contributed by atoms with Crippen molar-refractivity contribution >= 4 is 28.4 Å². The van der Waals surface area contributed by atoms with Crippen LogP contribution in [-0.4, -0.2) is 76.7 Å². The topological polar surface area (TPSA) is 146 Å². The number of piperidine rings is 1. The van der Waals surface area contributed by atoms with Crippen LogP contribution in [0.3, 0.4) is 0 Å². The summed E-state index contributed by atoms with van der Waals surface area (Å²) >= 11 is 0. The third-order valence-electron chi connectivity index (χ3n) is 6.40. The molecule has 5 N–H and O–H groups in total. The van der Waals surface area contributed by atoms with Gasteiger partial charge < -0.3 is 35.4 Å². The van der Waals surface area contributed by atoms with E-state index in [2.05, 4.69) is 22.3 Å². The molecule has 2 saturated heterocycles. The summed E-state index contributed by atoms with van der Waals surface area (Å²) in [4.78, 5) is 14.9. The minimum absolute atomic E-state index is 0.143. The highest BCUT2D eigenvalue weighted by Gasteiger charge is 2.42. The molecule has 4 rings (SSSR count). The zero-order valence-corrected chi connectivity index (χ0v) is 18.7. The molecule has 0 spiro atoms. The summed E-state index contributed by atoms with van der Waals surface area (Å²) in [5, 5.41) is 52.9. The first-order valence-electron chi connectivity index (χ1n) is 11.4. The maximum Gasteiger partial charge on any atom is 0.262 e. The standard InChI is InChI=1S/C25H29N3O6/c26-13-18(24(32)27-14-20-21(29)22(30)23(31)25(33)34-20)11-15-4-5-17-12-19(7-6-16(17)10-15)28-8-2-1-3-9-28/h4-7,10-12,20-23,25,29-31,33H,1-3,8-9,14H2,(H,27,32)/t20?,21?,22?,23?,25-/m1/s1. The second-order valence-electron chi connectivity index (χ2n) is 8.76. The molecule has 180 valence electrons. The van der Waals surface area contributed by atoms with Gasteiger partial charge in [0.2, 0.25) is 0 Å². The van der Waals surface area contributed by atoms with Gasteiger partial charge in [-0.25, -0.2) is 0 Å². The van der Waals surface area contributed by atoms with Crippen molar-refractivity contribution in [2.24, 2.45) is 0 Å². The van der Waals surface area contributed by atoms with E-state index in [1.807, 2.05) is 30.3 Å². The number of aliphatic hydroxyl groups excluding tert-OH is 4. The fourth-order valence-electron chi connectivity index (χ4n) is 4.39. The van der Waals surface area contributed by atoms with Crippen molar-refractivity contribution in [2.45, 2.75) is 50.0 Å². The molecule has 2 aromatic rings. The van der Waals surface area contributed by atoms with Crippen LogP contribution in [0.2, 0.25) is 0 Å². The van der Waals surface area contributed by atoms with Crippen LogP contribution >= 0.6 is 0 Å². The van der Waals surface area contributed by atoms with Crippen LogP contribution in [0.4, 0.5) is 5.69 Å². The first kappa shape index (κ1) is 24.1. The Kier molecular flexibility index (Phi) is 7.46. The third-order valence-corrected chi connectivity index (χ3v) is 6.40. The van der Waals surface area contributed by atoms with Crippen LogP contribution in [0.5, 0.6) is 0 Å². The summed E-state index contributed by atoms with van der Waals surface area (Å²) in [7, 11) is 0. The Labute approximate surface area is 197 Å². The number of nitrogens with zero attached hydrogens (tertiary/aromatic N) is 2. The van der Waals surface area contributed by atoms with Gasteiger partial charge in [0.25, 0.3) is 5.91 Å². The van der Waals surface area contributed by atoms with E-state index in [1.165, 1.54) is 31.0 Å². The Morgan fingerprint density at radius 2 is 1.74 bits per heavy atom. The number of nitrogens with one attached hydrogen (secondary N) is 1. The maximum absolute atomic E-state index is 12.5. The number of amides is 1. The molecular formula is C25H29N3O6. The molecule has 2 aliphatic heterocycles. The monoisotopic (exact) mass is 467 g/mol. The fraction of sp³-hybridized carbons (Fsp3) is 0.440. The molecule has 34 heavy (non-hydrogen) atoms. The number of benzene rings is 2. The van der Waals surface area contributed by atoms with Crippen LogP contribution in [0, 0.1) is 11.3 Å². The van der Waals surface area contributed by atoms with Gasteiger partial charge in [-0.1, -0.05) is 18.2 Å². The molecule has 0 bridgehead atoms. The van der Waals surface area contributed by atoms with E-state index in [4.69, 9.17) is 4.74 Å². The highest BCUT2D eigenvalue weighted by Crippen LogP contribution is 2.26. The summed E-state index contributed by atoms with van der Waals surface area (Å²) in [6.45, 7) is 1.86. The van der Waals surface area contributed by atoms with Gasteiger partial charge in [-0.3, -0.25) is 4.79 Å². The Balaban J connectivity index is 1.44. The number of hydrogen-bond acceptors (Lipinski definition) is 8. The van der Waals surface area contributed by atoms with Crippen LogP contribution < -0.4 is 10.2 Å². The Morgan fingerprint density at radius 3 is 2.47 bits per heavy atom. The van der Waals surface area contributed by atoms with Crippen LogP contribution in [-0.2, 0) is 9.53 Å². The summed E-state index contributed by atoms with van der Waals surface area (Å²) in [6.07, 6.45) is -2.47. The van der Waals surface area contributed by atoms with Gasteiger partial charge in [-0.05, 0) is 59.9 Å². The number of hydrogen-bond donors (Lipinski definition) is 5. The van der Waals surface area contributed by atoms with E-state index >= 15 is 0 Å². The smallest absolute Gasteiger partial charge is 0.262 e. The van der Waals surface area contributed by atoms with Crippen molar-refractivity contribution in [3.63, 3.8) is 0 Å². The number of aliphatic hydroxyl groups is 4. The summed E-state index contributed by atoms with van der Waals surface area (Å²) in [5.74, 6) is -0.686. The fourth-order valence-corrected chi connectivity index (χ4v) is 4.39. The minimum atomic E-state index is -1.70. The van der Waals surface area contributed by atoms with Gasteiger partial charge in [0.05, 0.1) is 0 Å². The number of carbonyl (C=O) groups is 1. The number of ether oxygens (including phenoxy) is 1. The molecule has 0 aromatic heterocycles. The molecule has 0 aliphatic carbocycles. The number of anilines is 1. The van der Waals surface area contributed by atoms with E-state index in [0.717, 1.165) is 23.9 Å². The lowest BCUT2D eigenvalue weighted by Crippen LogP contribution is -2.60. The quantitative estimate of drug-likeness (QED) is 0.318. The summed E-state index contributed by atoms with van der Waals surface area (Å²) < 4.78 is 5.04. The average Bonchev–Trinajstić information content (AvgIpc) is 2.87. The molecule has 9 nitrogen and oxygen atoms in total. The second kappa shape index (κ2) is 10.5. The highest BCUT2D eigenvalue weighted by atomic mass is 16.6. The van der Waals surface area contributed by atoms with Crippen molar-refractivity contribution in [3.05, 3.63) is 47.5 Å². The van der Waals surface area contributed by atoms with Crippen molar-refractivity contribution < 1.29 is 30.0 Å². The molecule has 2 heterocycles. The van der Waals surface area contributed by atoms with Crippen molar-refractivity contribution in [1.29, 1.82) is 5.26 Å². The number of fused-ring (bicyclic) bond motifs is 1. The van der Waals surface area contributed by atoms with Gasteiger partial charge >= 0.3 is 0 Å². The van der Waals surface area contributed by atoms with Crippen LogP contribution in [0.25, 0.3) is 16.8 Å². The molecule has 0 saturated carbocycles. The lowest BCUT2D eigenvalue weighted by molar-refractivity contribution is -0.280. The number of nitriles is 1. The van der Waals surface area contributed by atoms with Gasteiger partial charge in [-0.2, -0.15) is 5.26 Å². The van der Waals surface area contributed by atoms with Crippen molar-refractivity contribution in [2.75, 3.05) is 24.5 Å². The minimum Gasteiger partial charge on any atom is -0.388 e. The zero-order chi connectivity index (χ0) is 24.2. The van der Waals surface area contributed by atoms with Gasteiger partial charge in [0.1, 0.15) is 36.1 Å². The lowest BCUT2D eigenvalue weighted by Gasteiger charge is -2.38. The lowest BCUT2D eigenvalue weighted by atomic mass is 9.99. The van der Waals surface area contributed by atoms with E-state index in [-0.39, 0.29) is 12.1 Å². The molecule has 2 aromatic carbocycles. The summed E-state index contributed by atoms with van der Waals surface area (Å²) in [6, 6.07) is 13.9. The molecule has 5 atom stereocenters. The van der Waals surface area contributed by atoms with Crippen molar-refractivity contribution in [3.8, 4) is 6.07 Å². The van der Waals surface area contributed by atoms with Gasteiger partial charge in [-0.15, -0.1) is 0 Å². The average molecular weight is 468 g/mol. The first-order chi connectivity index (χ1) is 16.4. The molecule has 0 radical (unpaired) electrons. The predicted octanol–water partition coefficient (Wildman–Crippen LogP) is 0.653. The maximum atomic E-state index is 12.5. The Morgan fingerprint density at radius 1 is 1.03 bits per heavy atom. The summed E-state index contributed by atoms with van der Waals surface area (Å²) in [5.41, 5.74) is 1.74. The molecular weight excluding hydrogens is 438 g/mol. The number of rotatable bonds is 5. The van der Waals surface area contributed by atoms with E-state index < -0.39 is 36.6 Å². The number of carbonyl (C=O) groups excluding carboxylic acids is 1. The van der Waals surface area contributed by atoms with Gasteiger partial charge in [0.15, 0.2) is 6.29 Å².